The minimum atomic E-state index is -0.272. The molecule has 0 atom stereocenters. The molecule has 1 N–H and O–H groups in total. The zero-order valence-electron chi connectivity index (χ0n) is 9.61. The van der Waals surface area contributed by atoms with E-state index in [-0.39, 0.29) is 11.5 Å². The quantitative estimate of drug-likeness (QED) is 0.877. The van der Waals surface area contributed by atoms with Crippen LogP contribution in [0.25, 0.3) is 0 Å². The van der Waals surface area contributed by atoms with Gasteiger partial charge in [-0.05, 0) is 18.1 Å². The average Bonchev–Trinajstić information content (AvgIpc) is 2.65. The largest absolute Gasteiger partial charge is 0.343 e. The third kappa shape index (κ3) is 2.43. The van der Waals surface area contributed by atoms with Crippen LogP contribution in [0.2, 0.25) is 0 Å². The van der Waals surface area contributed by atoms with Crippen molar-refractivity contribution in [3.05, 3.63) is 52.0 Å². The Bertz CT molecular complexity index is 559. The molecule has 17 heavy (non-hydrogen) atoms. The van der Waals surface area contributed by atoms with E-state index in [2.05, 4.69) is 10.2 Å². The lowest BCUT2D eigenvalue weighted by Gasteiger charge is -2.04. The van der Waals surface area contributed by atoms with Gasteiger partial charge in [-0.15, -0.1) is 0 Å². The summed E-state index contributed by atoms with van der Waals surface area (Å²) in [5.41, 5.74) is 0.307. The van der Waals surface area contributed by atoms with E-state index in [0.717, 1.165) is 6.42 Å². The van der Waals surface area contributed by atoms with E-state index < -0.39 is 0 Å². The molecule has 0 aliphatic heterocycles. The summed E-state index contributed by atoms with van der Waals surface area (Å²) in [5.74, 6) is 0.299. The molecule has 1 aromatic heterocycles. The van der Waals surface area contributed by atoms with Gasteiger partial charge >= 0.3 is 5.69 Å². The summed E-state index contributed by atoms with van der Waals surface area (Å²) in [6.07, 6.45) is 1.16. The van der Waals surface area contributed by atoms with Gasteiger partial charge in [0.1, 0.15) is 11.6 Å². The molecular weight excluding hydrogens is 221 g/mol. The second-order valence-corrected chi connectivity index (χ2v) is 3.86. The van der Waals surface area contributed by atoms with Gasteiger partial charge in [0.15, 0.2) is 0 Å². The summed E-state index contributed by atoms with van der Waals surface area (Å²) in [6.45, 7) is 2.57. The van der Waals surface area contributed by atoms with Crippen molar-refractivity contribution in [2.75, 3.05) is 0 Å². The van der Waals surface area contributed by atoms with E-state index in [1.165, 1.54) is 6.07 Å². The zero-order chi connectivity index (χ0) is 12.3. The van der Waals surface area contributed by atoms with Crippen LogP contribution in [0.1, 0.15) is 24.7 Å². The third-order valence-electron chi connectivity index (χ3n) is 2.59. The van der Waals surface area contributed by atoms with E-state index in [1.807, 2.05) is 6.92 Å². The summed E-state index contributed by atoms with van der Waals surface area (Å²) >= 11 is 0. The van der Waals surface area contributed by atoms with Crippen LogP contribution < -0.4 is 5.69 Å². The summed E-state index contributed by atoms with van der Waals surface area (Å²) < 4.78 is 15.0. The van der Waals surface area contributed by atoms with Crippen LogP contribution in [0.5, 0.6) is 0 Å². The van der Waals surface area contributed by atoms with Crippen LogP contribution in [0, 0.1) is 5.82 Å². The lowest BCUT2D eigenvalue weighted by atomic mass is 10.1. The second-order valence-electron chi connectivity index (χ2n) is 3.86. The van der Waals surface area contributed by atoms with Crippen molar-refractivity contribution in [2.45, 2.75) is 26.3 Å². The molecule has 0 radical (unpaired) electrons. The highest BCUT2D eigenvalue weighted by molar-refractivity contribution is 5.20. The molecule has 0 saturated carbocycles. The van der Waals surface area contributed by atoms with E-state index in [0.29, 0.717) is 24.4 Å². The molecule has 0 amide bonds. The van der Waals surface area contributed by atoms with Crippen LogP contribution >= 0.6 is 0 Å². The van der Waals surface area contributed by atoms with Gasteiger partial charge in [0.05, 0.1) is 0 Å². The predicted octanol–water partition coefficient (Wildman–Crippen LogP) is 1.71. The van der Waals surface area contributed by atoms with Crippen molar-refractivity contribution in [3.63, 3.8) is 0 Å². The Labute approximate surface area is 98.1 Å². The molecule has 0 saturated heterocycles. The zero-order valence-corrected chi connectivity index (χ0v) is 9.61. The Morgan fingerprint density at radius 2 is 2.18 bits per heavy atom. The fourth-order valence-corrected chi connectivity index (χ4v) is 1.75. The first-order valence-corrected chi connectivity index (χ1v) is 5.60. The highest BCUT2D eigenvalue weighted by atomic mass is 19.1. The van der Waals surface area contributed by atoms with Crippen molar-refractivity contribution in [2.24, 2.45) is 0 Å². The number of benzene rings is 1. The van der Waals surface area contributed by atoms with E-state index in [9.17, 15) is 9.18 Å². The van der Waals surface area contributed by atoms with Crippen molar-refractivity contribution in [1.82, 2.24) is 14.8 Å². The molecule has 1 heterocycles. The standard InChI is InChI=1S/C12H14FN3O/c1-2-7-16-11(14-15-12(16)17)8-9-5-3-4-6-10(9)13/h3-6H,2,7-8H2,1H3,(H,15,17). The minimum absolute atomic E-state index is 0.238. The summed E-state index contributed by atoms with van der Waals surface area (Å²) in [7, 11) is 0. The maximum Gasteiger partial charge on any atom is 0.343 e. The molecule has 0 unspecified atom stereocenters. The molecule has 0 fully saturated rings. The minimum Gasteiger partial charge on any atom is -0.279 e. The van der Waals surface area contributed by atoms with Gasteiger partial charge in [-0.1, -0.05) is 25.1 Å². The van der Waals surface area contributed by atoms with Gasteiger partial charge in [-0.2, -0.15) is 5.10 Å². The van der Waals surface area contributed by atoms with Crippen LogP contribution in [-0.4, -0.2) is 14.8 Å². The Hall–Kier alpha value is -1.91. The first kappa shape index (κ1) is 11.6. The predicted molar refractivity (Wildman–Crippen MR) is 62.3 cm³/mol. The normalized spacial score (nSPS) is 10.7. The number of nitrogens with one attached hydrogen (secondary N) is 1. The van der Waals surface area contributed by atoms with Crippen LogP contribution in [-0.2, 0) is 13.0 Å². The molecule has 2 rings (SSSR count). The van der Waals surface area contributed by atoms with Gasteiger partial charge in [-0.25, -0.2) is 14.3 Å². The second kappa shape index (κ2) is 4.95. The van der Waals surface area contributed by atoms with Crippen LogP contribution in [0.4, 0.5) is 4.39 Å². The van der Waals surface area contributed by atoms with Crippen molar-refractivity contribution in [1.29, 1.82) is 0 Å². The van der Waals surface area contributed by atoms with Gasteiger partial charge < -0.3 is 0 Å². The topological polar surface area (TPSA) is 50.7 Å². The Morgan fingerprint density at radius 3 is 2.88 bits per heavy atom. The third-order valence-corrected chi connectivity index (χ3v) is 2.59. The highest BCUT2D eigenvalue weighted by Crippen LogP contribution is 2.10. The summed E-state index contributed by atoms with van der Waals surface area (Å²) in [5, 5.41) is 6.33. The Morgan fingerprint density at radius 1 is 1.41 bits per heavy atom. The average molecular weight is 235 g/mol. The first-order valence-electron chi connectivity index (χ1n) is 5.60. The summed E-state index contributed by atoms with van der Waals surface area (Å²) in [4.78, 5) is 11.5. The molecule has 0 bridgehead atoms. The molecule has 0 spiro atoms. The van der Waals surface area contributed by atoms with Gasteiger partial charge in [0.2, 0.25) is 0 Å². The number of hydrogen-bond donors (Lipinski definition) is 1. The Kier molecular flexibility index (Phi) is 3.37. The fourth-order valence-electron chi connectivity index (χ4n) is 1.75. The van der Waals surface area contributed by atoms with E-state index in [4.69, 9.17) is 0 Å². The lowest BCUT2D eigenvalue weighted by molar-refractivity contribution is 0.598. The maximum atomic E-state index is 13.5. The van der Waals surface area contributed by atoms with Gasteiger partial charge in [-0.3, -0.25) is 4.57 Å². The van der Waals surface area contributed by atoms with E-state index >= 15 is 0 Å². The number of H-pyrrole nitrogens is 1. The number of aromatic nitrogens is 3. The maximum absolute atomic E-state index is 13.5. The number of halogens is 1. The van der Waals surface area contributed by atoms with Gasteiger partial charge in [0.25, 0.3) is 0 Å². The molecule has 0 aliphatic carbocycles. The molecule has 2 aromatic rings. The van der Waals surface area contributed by atoms with E-state index in [1.54, 1.807) is 22.8 Å². The molecule has 0 aliphatic rings. The first-order chi connectivity index (χ1) is 8.22. The summed E-state index contributed by atoms with van der Waals surface area (Å²) in [6, 6.07) is 6.52. The fraction of sp³-hybridized carbons (Fsp3) is 0.333. The lowest BCUT2D eigenvalue weighted by Crippen LogP contribution is -2.19. The SMILES string of the molecule is CCCn1c(Cc2ccccc2F)n[nH]c1=O. The van der Waals surface area contributed by atoms with Crippen LogP contribution in [0.15, 0.2) is 29.1 Å². The van der Waals surface area contributed by atoms with Crippen molar-refractivity contribution < 1.29 is 4.39 Å². The molecule has 1 aromatic carbocycles. The monoisotopic (exact) mass is 235 g/mol. The number of aromatic amines is 1. The number of nitrogens with zero attached hydrogens (tertiary/aromatic N) is 2. The van der Waals surface area contributed by atoms with Gasteiger partial charge in [0, 0.05) is 13.0 Å². The molecular formula is C12H14FN3O. The van der Waals surface area contributed by atoms with Crippen LogP contribution in [0.3, 0.4) is 0 Å². The smallest absolute Gasteiger partial charge is 0.279 e. The number of rotatable bonds is 4. The Balaban J connectivity index is 2.30. The highest BCUT2D eigenvalue weighted by Gasteiger charge is 2.10. The number of hydrogen-bond acceptors (Lipinski definition) is 2. The molecule has 4 nitrogen and oxygen atoms in total. The van der Waals surface area contributed by atoms with Crippen molar-refractivity contribution >= 4 is 0 Å². The van der Waals surface area contributed by atoms with Crippen molar-refractivity contribution in [3.8, 4) is 0 Å². The molecule has 90 valence electrons. The molecule has 5 heteroatoms.